The van der Waals surface area contributed by atoms with E-state index < -0.39 is 0 Å². The Morgan fingerprint density at radius 3 is 3.00 bits per heavy atom. The molecule has 1 saturated heterocycles. The molecule has 0 aliphatic carbocycles. The third-order valence-electron chi connectivity index (χ3n) is 1.94. The standard InChI is InChI=1S/C7H8BrNO2S/c8-5-1-9-12-7(5)4-2-11-3-6(4)10/h1,4,6,10H,2-3H2. The lowest BCUT2D eigenvalue weighted by Crippen LogP contribution is -2.14. The van der Waals surface area contributed by atoms with Crippen molar-refractivity contribution < 1.29 is 9.84 Å². The first-order chi connectivity index (χ1) is 5.79. The summed E-state index contributed by atoms with van der Waals surface area (Å²) < 4.78 is 10.2. The van der Waals surface area contributed by atoms with Gasteiger partial charge in [0.15, 0.2) is 0 Å². The van der Waals surface area contributed by atoms with E-state index in [0.29, 0.717) is 13.2 Å². The Labute approximate surface area is 82.7 Å². The summed E-state index contributed by atoms with van der Waals surface area (Å²) in [5.74, 6) is 0.104. The van der Waals surface area contributed by atoms with Crippen LogP contribution >= 0.6 is 27.5 Å². The Morgan fingerprint density at radius 1 is 1.67 bits per heavy atom. The predicted molar refractivity (Wildman–Crippen MR) is 49.4 cm³/mol. The summed E-state index contributed by atoms with van der Waals surface area (Å²) >= 11 is 4.80. The molecule has 0 amide bonds. The number of ether oxygens (including phenoxy) is 1. The van der Waals surface area contributed by atoms with Crippen molar-refractivity contribution in [2.75, 3.05) is 13.2 Å². The highest BCUT2D eigenvalue weighted by atomic mass is 79.9. The largest absolute Gasteiger partial charge is 0.390 e. The van der Waals surface area contributed by atoms with E-state index in [1.165, 1.54) is 11.5 Å². The molecule has 1 aromatic rings. The lowest BCUT2D eigenvalue weighted by molar-refractivity contribution is 0.125. The normalized spacial score (nSPS) is 29.5. The highest BCUT2D eigenvalue weighted by molar-refractivity contribution is 9.10. The first-order valence-corrected chi connectivity index (χ1v) is 5.21. The van der Waals surface area contributed by atoms with Gasteiger partial charge in [-0.2, -0.15) is 4.37 Å². The minimum atomic E-state index is -0.373. The smallest absolute Gasteiger partial charge is 0.0873 e. The molecule has 2 rings (SSSR count). The van der Waals surface area contributed by atoms with Crippen LogP contribution in [0.1, 0.15) is 10.8 Å². The molecule has 0 aromatic carbocycles. The van der Waals surface area contributed by atoms with E-state index in [9.17, 15) is 5.11 Å². The summed E-state index contributed by atoms with van der Waals surface area (Å²) in [7, 11) is 0. The average molecular weight is 250 g/mol. The summed E-state index contributed by atoms with van der Waals surface area (Å²) in [5.41, 5.74) is 0. The van der Waals surface area contributed by atoms with Crippen LogP contribution in [-0.2, 0) is 4.74 Å². The molecule has 12 heavy (non-hydrogen) atoms. The van der Waals surface area contributed by atoms with Crippen molar-refractivity contribution in [1.82, 2.24) is 4.37 Å². The van der Waals surface area contributed by atoms with Crippen LogP contribution in [-0.4, -0.2) is 28.8 Å². The lowest BCUT2D eigenvalue weighted by atomic mass is 10.1. The van der Waals surface area contributed by atoms with Gasteiger partial charge in [-0.15, -0.1) is 0 Å². The lowest BCUT2D eigenvalue weighted by Gasteiger charge is -2.09. The average Bonchev–Trinajstić information content (AvgIpc) is 2.59. The molecule has 2 atom stereocenters. The molecule has 5 heteroatoms. The summed E-state index contributed by atoms with van der Waals surface area (Å²) in [5, 5.41) is 9.52. The zero-order valence-corrected chi connectivity index (χ0v) is 8.64. The van der Waals surface area contributed by atoms with Crippen LogP contribution in [0.2, 0.25) is 0 Å². The molecule has 1 N–H and O–H groups in total. The van der Waals surface area contributed by atoms with Gasteiger partial charge >= 0.3 is 0 Å². The van der Waals surface area contributed by atoms with Crippen molar-refractivity contribution in [3.63, 3.8) is 0 Å². The maximum Gasteiger partial charge on any atom is 0.0873 e. The van der Waals surface area contributed by atoms with E-state index in [1.54, 1.807) is 6.20 Å². The van der Waals surface area contributed by atoms with Gasteiger partial charge in [0.1, 0.15) is 0 Å². The summed E-state index contributed by atoms with van der Waals surface area (Å²) in [4.78, 5) is 1.08. The molecule has 1 aliphatic rings. The number of hydrogen-bond acceptors (Lipinski definition) is 4. The van der Waals surface area contributed by atoms with Crippen LogP contribution in [0.5, 0.6) is 0 Å². The molecular weight excluding hydrogens is 242 g/mol. The van der Waals surface area contributed by atoms with Gasteiger partial charge in [-0.3, -0.25) is 0 Å². The van der Waals surface area contributed by atoms with Gasteiger partial charge in [0.05, 0.1) is 30.0 Å². The van der Waals surface area contributed by atoms with Crippen molar-refractivity contribution in [3.05, 3.63) is 15.5 Å². The highest BCUT2D eigenvalue weighted by Crippen LogP contribution is 2.33. The third-order valence-corrected chi connectivity index (χ3v) is 3.76. The molecule has 2 heterocycles. The zero-order valence-electron chi connectivity index (χ0n) is 6.24. The number of aliphatic hydroxyl groups is 1. The minimum Gasteiger partial charge on any atom is -0.390 e. The van der Waals surface area contributed by atoms with Crippen molar-refractivity contribution in [1.29, 1.82) is 0 Å². The predicted octanol–water partition coefficient (Wildman–Crippen LogP) is 1.38. The molecule has 3 nitrogen and oxygen atoms in total. The maximum atomic E-state index is 9.52. The summed E-state index contributed by atoms with van der Waals surface area (Å²) in [6.45, 7) is 1.04. The number of aromatic nitrogens is 1. The van der Waals surface area contributed by atoms with E-state index in [0.717, 1.165) is 9.35 Å². The number of halogens is 1. The van der Waals surface area contributed by atoms with Gasteiger partial charge in [0, 0.05) is 10.8 Å². The Morgan fingerprint density at radius 2 is 2.50 bits per heavy atom. The van der Waals surface area contributed by atoms with Gasteiger partial charge < -0.3 is 9.84 Å². The van der Waals surface area contributed by atoms with Crippen LogP contribution in [0.25, 0.3) is 0 Å². The van der Waals surface area contributed by atoms with Gasteiger partial charge in [-0.1, -0.05) is 0 Å². The van der Waals surface area contributed by atoms with E-state index in [-0.39, 0.29) is 12.0 Å². The SMILES string of the molecule is OC1COCC1c1sncc1Br. The first-order valence-electron chi connectivity index (χ1n) is 3.65. The van der Waals surface area contributed by atoms with Gasteiger partial charge in [0.25, 0.3) is 0 Å². The summed E-state index contributed by atoms with van der Waals surface area (Å²) in [6.07, 6.45) is 1.38. The first kappa shape index (κ1) is 8.62. The molecule has 2 unspecified atom stereocenters. The molecule has 0 spiro atoms. The molecular formula is C7H8BrNO2S. The quantitative estimate of drug-likeness (QED) is 0.818. The maximum absolute atomic E-state index is 9.52. The van der Waals surface area contributed by atoms with E-state index in [1.807, 2.05) is 0 Å². The van der Waals surface area contributed by atoms with Crippen LogP contribution in [0.15, 0.2) is 10.7 Å². The number of hydrogen-bond donors (Lipinski definition) is 1. The molecule has 0 radical (unpaired) electrons. The van der Waals surface area contributed by atoms with Crippen LogP contribution in [0, 0.1) is 0 Å². The Hall–Kier alpha value is 0.0300. The van der Waals surface area contributed by atoms with Crippen molar-refractivity contribution in [3.8, 4) is 0 Å². The monoisotopic (exact) mass is 249 g/mol. The van der Waals surface area contributed by atoms with Crippen LogP contribution in [0.4, 0.5) is 0 Å². The van der Waals surface area contributed by atoms with Gasteiger partial charge in [-0.25, -0.2) is 0 Å². The summed E-state index contributed by atoms with van der Waals surface area (Å²) in [6, 6.07) is 0. The molecule has 1 aromatic heterocycles. The molecule has 0 bridgehead atoms. The number of aliphatic hydroxyl groups excluding tert-OH is 1. The third kappa shape index (κ3) is 1.42. The van der Waals surface area contributed by atoms with Gasteiger partial charge in [0.2, 0.25) is 0 Å². The zero-order chi connectivity index (χ0) is 8.55. The Bertz CT molecular complexity index is 278. The topological polar surface area (TPSA) is 42.4 Å². The van der Waals surface area contributed by atoms with E-state index in [2.05, 4.69) is 20.3 Å². The highest BCUT2D eigenvalue weighted by Gasteiger charge is 2.30. The Balaban J connectivity index is 2.24. The fourth-order valence-corrected chi connectivity index (χ4v) is 2.80. The van der Waals surface area contributed by atoms with E-state index >= 15 is 0 Å². The second-order valence-electron chi connectivity index (χ2n) is 2.75. The van der Waals surface area contributed by atoms with E-state index in [4.69, 9.17) is 4.74 Å². The minimum absolute atomic E-state index is 0.104. The van der Waals surface area contributed by atoms with Crippen LogP contribution < -0.4 is 0 Å². The Kier molecular flexibility index (Phi) is 2.45. The number of nitrogens with zero attached hydrogens (tertiary/aromatic N) is 1. The van der Waals surface area contributed by atoms with Crippen molar-refractivity contribution >= 4 is 27.5 Å². The number of rotatable bonds is 1. The second kappa shape index (κ2) is 3.41. The fraction of sp³-hybridized carbons (Fsp3) is 0.571. The molecule has 66 valence electrons. The fourth-order valence-electron chi connectivity index (χ4n) is 1.27. The van der Waals surface area contributed by atoms with Gasteiger partial charge in [-0.05, 0) is 27.5 Å². The molecule has 1 aliphatic heterocycles. The van der Waals surface area contributed by atoms with Crippen molar-refractivity contribution in [2.45, 2.75) is 12.0 Å². The molecule has 1 fully saturated rings. The second-order valence-corrected chi connectivity index (χ2v) is 4.44. The van der Waals surface area contributed by atoms with Crippen molar-refractivity contribution in [2.24, 2.45) is 0 Å². The van der Waals surface area contributed by atoms with Crippen LogP contribution in [0.3, 0.4) is 0 Å². The molecule has 0 saturated carbocycles.